The molecule has 126 valence electrons. The maximum Gasteiger partial charge on any atom is 0.191 e. The standard InChI is InChI=1S/C17H25N5.HI/c1-18-17(21-12-15-22-13-5-6-14-22)20-11-7-10-19-16-8-3-2-4-9-16;/h2-6,8-9,13-14,19H,7,10-12,15H2,1H3,(H2,18,20,21);1H. The normalized spacial score (nSPS) is 10.7. The van der Waals surface area contributed by atoms with Crippen molar-refractivity contribution in [1.82, 2.24) is 15.2 Å². The fourth-order valence-electron chi connectivity index (χ4n) is 2.13. The number of nitrogens with one attached hydrogen (secondary N) is 3. The van der Waals surface area contributed by atoms with Crippen molar-refractivity contribution < 1.29 is 0 Å². The summed E-state index contributed by atoms with van der Waals surface area (Å²) in [5, 5.41) is 10.0. The predicted molar refractivity (Wildman–Crippen MR) is 109 cm³/mol. The third-order valence-electron chi connectivity index (χ3n) is 3.30. The van der Waals surface area contributed by atoms with Crippen LogP contribution in [-0.2, 0) is 6.54 Å². The SMILES string of the molecule is CN=C(NCCCNc1ccccc1)NCCn1cccc1.I. The van der Waals surface area contributed by atoms with Crippen molar-refractivity contribution in [2.45, 2.75) is 13.0 Å². The topological polar surface area (TPSA) is 53.4 Å². The Bertz CT molecular complexity index is 539. The van der Waals surface area contributed by atoms with E-state index in [9.17, 15) is 0 Å². The van der Waals surface area contributed by atoms with E-state index in [0.29, 0.717) is 0 Å². The van der Waals surface area contributed by atoms with E-state index in [-0.39, 0.29) is 24.0 Å². The molecule has 0 aliphatic carbocycles. The van der Waals surface area contributed by atoms with E-state index in [0.717, 1.165) is 44.2 Å². The second-order valence-electron chi connectivity index (χ2n) is 4.99. The van der Waals surface area contributed by atoms with Crippen LogP contribution in [0.1, 0.15) is 6.42 Å². The van der Waals surface area contributed by atoms with Gasteiger partial charge in [-0.1, -0.05) is 18.2 Å². The highest BCUT2D eigenvalue weighted by atomic mass is 127. The monoisotopic (exact) mass is 427 g/mol. The van der Waals surface area contributed by atoms with Crippen LogP contribution in [0.15, 0.2) is 59.9 Å². The summed E-state index contributed by atoms with van der Waals surface area (Å²) >= 11 is 0. The quantitative estimate of drug-likeness (QED) is 0.263. The molecule has 5 nitrogen and oxygen atoms in total. The van der Waals surface area contributed by atoms with Crippen molar-refractivity contribution >= 4 is 35.6 Å². The van der Waals surface area contributed by atoms with Crippen LogP contribution < -0.4 is 16.0 Å². The van der Waals surface area contributed by atoms with Gasteiger partial charge in [0.05, 0.1) is 0 Å². The Morgan fingerprint density at radius 2 is 1.65 bits per heavy atom. The first-order valence-corrected chi connectivity index (χ1v) is 7.72. The molecule has 0 unspecified atom stereocenters. The van der Waals surface area contributed by atoms with Crippen molar-refractivity contribution in [2.75, 3.05) is 32.0 Å². The second-order valence-corrected chi connectivity index (χ2v) is 4.99. The Kier molecular flexibility index (Phi) is 9.94. The van der Waals surface area contributed by atoms with Crippen LogP contribution >= 0.6 is 24.0 Å². The molecule has 2 rings (SSSR count). The molecule has 0 spiro atoms. The van der Waals surface area contributed by atoms with Crippen molar-refractivity contribution in [3.63, 3.8) is 0 Å². The molecule has 0 radical (unpaired) electrons. The maximum absolute atomic E-state index is 4.23. The summed E-state index contributed by atoms with van der Waals surface area (Å²) in [7, 11) is 1.80. The number of aliphatic imine (C=N–C) groups is 1. The van der Waals surface area contributed by atoms with E-state index in [2.05, 4.69) is 50.0 Å². The Hall–Kier alpha value is -1.70. The predicted octanol–water partition coefficient (Wildman–Crippen LogP) is 2.77. The van der Waals surface area contributed by atoms with E-state index < -0.39 is 0 Å². The molecule has 0 aliphatic heterocycles. The molecule has 23 heavy (non-hydrogen) atoms. The molecule has 3 N–H and O–H groups in total. The molecule has 0 fully saturated rings. The van der Waals surface area contributed by atoms with E-state index in [4.69, 9.17) is 0 Å². The number of nitrogens with zero attached hydrogens (tertiary/aromatic N) is 2. The van der Waals surface area contributed by atoms with Crippen LogP contribution in [0.4, 0.5) is 5.69 Å². The summed E-state index contributed by atoms with van der Waals surface area (Å²) < 4.78 is 2.14. The van der Waals surface area contributed by atoms with Crippen molar-refractivity contribution in [2.24, 2.45) is 4.99 Å². The Labute approximate surface area is 155 Å². The lowest BCUT2D eigenvalue weighted by molar-refractivity contribution is 0.663. The Morgan fingerprint density at radius 1 is 0.957 bits per heavy atom. The van der Waals surface area contributed by atoms with Crippen molar-refractivity contribution in [3.8, 4) is 0 Å². The van der Waals surface area contributed by atoms with Gasteiger partial charge in [0.2, 0.25) is 0 Å². The van der Waals surface area contributed by atoms with Crippen LogP contribution in [0.5, 0.6) is 0 Å². The first-order chi connectivity index (χ1) is 10.9. The molecule has 0 amide bonds. The summed E-state index contributed by atoms with van der Waals surface area (Å²) in [5.74, 6) is 0.854. The van der Waals surface area contributed by atoms with Gasteiger partial charge in [-0.15, -0.1) is 24.0 Å². The van der Waals surface area contributed by atoms with E-state index >= 15 is 0 Å². The molecule has 0 saturated heterocycles. The molecule has 1 aromatic carbocycles. The minimum Gasteiger partial charge on any atom is -0.385 e. The van der Waals surface area contributed by atoms with Gasteiger partial charge in [0.25, 0.3) is 0 Å². The lowest BCUT2D eigenvalue weighted by Gasteiger charge is -2.12. The summed E-state index contributed by atoms with van der Waals surface area (Å²) in [6, 6.07) is 14.3. The van der Waals surface area contributed by atoms with Crippen molar-refractivity contribution in [3.05, 3.63) is 54.9 Å². The number of benzene rings is 1. The molecule has 0 bridgehead atoms. The molecule has 1 aromatic heterocycles. The van der Waals surface area contributed by atoms with E-state index in [1.165, 1.54) is 0 Å². The zero-order chi connectivity index (χ0) is 15.5. The van der Waals surface area contributed by atoms with Crippen LogP contribution in [-0.4, -0.2) is 37.2 Å². The van der Waals surface area contributed by atoms with Gasteiger partial charge in [0.1, 0.15) is 0 Å². The summed E-state index contributed by atoms with van der Waals surface area (Å²) in [6.45, 7) is 3.63. The second kappa shape index (κ2) is 11.8. The van der Waals surface area contributed by atoms with Crippen LogP contribution in [0.25, 0.3) is 0 Å². The first-order valence-electron chi connectivity index (χ1n) is 7.72. The van der Waals surface area contributed by atoms with Crippen LogP contribution in [0.2, 0.25) is 0 Å². The van der Waals surface area contributed by atoms with Gasteiger partial charge in [0, 0.05) is 51.3 Å². The van der Waals surface area contributed by atoms with E-state index in [1.54, 1.807) is 7.05 Å². The van der Waals surface area contributed by atoms with Gasteiger partial charge >= 0.3 is 0 Å². The van der Waals surface area contributed by atoms with Gasteiger partial charge in [-0.3, -0.25) is 4.99 Å². The van der Waals surface area contributed by atoms with Gasteiger partial charge < -0.3 is 20.5 Å². The fraction of sp³-hybridized carbons (Fsp3) is 0.353. The smallest absolute Gasteiger partial charge is 0.191 e. The maximum atomic E-state index is 4.23. The molecule has 0 saturated carbocycles. The third kappa shape index (κ3) is 7.92. The number of hydrogen-bond acceptors (Lipinski definition) is 2. The van der Waals surface area contributed by atoms with Gasteiger partial charge in [0.15, 0.2) is 5.96 Å². The number of hydrogen-bond donors (Lipinski definition) is 3. The molecular formula is C17H26IN5. The van der Waals surface area contributed by atoms with Gasteiger partial charge in [-0.05, 0) is 30.7 Å². The summed E-state index contributed by atoms with van der Waals surface area (Å²) in [5.41, 5.74) is 1.16. The first kappa shape index (κ1) is 19.3. The molecule has 2 aromatic rings. The number of guanidine groups is 1. The molecular weight excluding hydrogens is 401 g/mol. The minimum atomic E-state index is 0. The lowest BCUT2D eigenvalue weighted by atomic mass is 10.3. The van der Waals surface area contributed by atoms with E-state index in [1.807, 2.05) is 30.3 Å². The van der Waals surface area contributed by atoms with Gasteiger partial charge in [-0.25, -0.2) is 0 Å². The highest BCUT2D eigenvalue weighted by Gasteiger charge is 1.97. The van der Waals surface area contributed by atoms with Crippen LogP contribution in [0.3, 0.4) is 0 Å². The fourth-order valence-corrected chi connectivity index (χ4v) is 2.13. The number of para-hydroxylation sites is 1. The third-order valence-corrected chi connectivity index (χ3v) is 3.30. The Morgan fingerprint density at radius 3 is 2.35 bits per heavy atom. The number of halogens is 1. The zero-order valence-electron chi connectivity index (χ0n) is 13.5. The number of rotatable bonds is 8. The highest BCUT2D eigenvalue weighted by molar-refractivity contribution is 14.0. The molecule has 6 heteroatoms. The Balaban J connectivity index is 0.00000264. The molecule has 0 atom stereocenters. The largest absolute Gasteiger partial charge is 0.385 e. The molecule has 0 aliphatic rings. The van der Waals surface area contributed by atoms with Crippen molar-refractivity contribution in [1.29, 1.82) is 0 Å². The lowest BCUT2D eigenvalue weighted by Crippen LogP contribution is -2.39. The number of anilines is 1. The minimum absolute atomic E-state index is 0. The number of aromatic nitrogens is 1. The average molecular weight is 427 g/mol. The summed E-state index contributed by atoms with van der Waals surface area (Å²) in [4.78, 5) is 4.23. The van der Waals surface area contributed by atoms with Gasteiger partial charge in [-0.2, -0.15) is 0 Å². The zero-order valence-corrected chi connectivity index (χ0v) is 15.9. The molecule has 1 heterocycles. The van der Waals surface area contributed by atoms with Crippen LogP contribution in [0, 0.1) is 0 Å². The highest BCUT2D eigenvalue weighted by Crippen LogP contribution is 2.03. The summed E-state index contributed by atoms with van der Waals surface area (Å²) in [6.07, 6.45) is 5.16. The average Bonchev–Trinajstić information content (AvgIpc) is 3.07.